The summed E-state index contributed by atoms with van der Waals surface area (Å²) in [4.78, 5) is 0. The number of nitrogens with zero attached hydrogens (tertiary/aromatic N) is 1. The van der Waals surface area contributed by atoms with Gasteiger partial charge in [-0.1, -0.05) is 19.1 Å². The Morgan fingerprint density at radius 2 is 2.29 bits per heavy atom. The molecule has 114 valence electrons. The van der Waals surface area contributed by atoms with Crippen molar-refractivity contribution in [2.24, 2.45) is 0 Å². The molecule has 1 aromatic carbocycles. The topological polar surface area (TPSA) is 65.3 Å². The molecule has 0 aromatic heterocycles. The van der Waals surface area contributed by atoms with Gasteiger partial charge in [-0.05, 0) is 49.8 Å². The Morgan fingerprint density at radius 3 is 2.90 bits per heavy atom. The highest BCUT2D eigenvalue weighted by atomic mass is 16.5. The summed E-state index contributed by atoms with van der Waals surface area (Å²) in [5.74, 6) is 0.774. The van der Waals surface area contributed by atoms with Gasteiger partial charge >= 0.3 is 0 Å². The first-order valence-corrected chi connectivity index (χ1v) is 7.73. The van der Waals surface area contributed by atoms with Crippen LogP contribution in [0.3, 0.4) is 0 Å². The molecule has 1 aromatic rings. The Balaban J connectivity index is 1.78. The molecule has 0 heterocycles. The standard InChI is InChI=1S/C17H24N2O2/c1-2-17(13-18,19-15-7-8-15)9-4-10-21-16-6-3-5-14(11-16)12-20/h3,5-6,11,15,19-20H,2,4,7-10,12H2,1H3. The van der Waals surface area contributed by atoms with Crippen LogP contribution < -0.4 is 10.1 Å². The van der Waals surface area contributed by atoms with Crippen LogP contribution in [0.2, 0.25) is 0 Å². The van der Waals surface area contributed by atoms with Gasteiger partial charge in [0.2, 0.25) is 0 Å². The number of aliphatic hydroxyl groups is 1. The van der Waals surface area contributed by atoms with Crippen LogP contribution in [0.5, 0.6) is 5.75 Å². The molecular formula is C17H24N2O2. The molecule has 0 spiro atoms. The van der Waals surface area contributed by atoms with Gasteiger partial charge in [-0.3, -0.25) is 5.32 Å². The smallest absolute Gasteiger partial charge is 0.119 e. The average Bonchev–Trinajstić information content (AvgIpc) is 3.34. The van der Waals surface area contributed by atoms with Crippen molar-refractivity contribution in [1.82, 2.24) is 5.32 Å². The van der Waals surface area contributed by atoms with Crippen molar-refractivity contribution in [1.29, 1.82) is 5.26 Å². The molecular weight excluding hydrogens is 264 g/mol. The van der Waals surface area contributed by atoms with E-state index in [1.54, 1.807) is 0 Å². The Kier molecular flexibility index (Phi) is 5.60. The van der Waals surface area contributed by atoms with Crippen LogP contribution in [-0.4, -0.2) is 23.3 Å². The molecule has 0 aliphatic heterocycles. The number of nitrogens with one attached hydrogen (secondary N) is 1. The maximum absolute atomic E-state index is 9.46. The highest BCUT2D eigenvalue weighted by molar-refractivity contribution is 5.27. The van der Waals surface area contributed by atoms with E-state index in [1.807, 2.05) is 24.3 Å². The number of hydrogen-bond donors (Lipinski definition) is 2. The Labute approximate surface area is 126 Å². The summed E-state index contributed by atoms with van der Waals surface area (Å²) >= 11 is 0. The Bertz CT molecular complexity index is 494. The maximum atomic E-state index is 9.46. The van der Waals surface area contributed by atoms with E-state index in [2.05, 4.69) is 18.3 Å². The molecule has 2 N–H and O–H groups in total. The molecule has 0 bridgehead atoms. The molecule has 1 saturated carbocycles. The van der Waals surface area contributed by atoms with E-state index in [1.165, 1.54) is 12.8 Å². The highest BCUT2D eigenvalue weighted by Gasteiger charge is 2.34. The average molecular weight is 288 g/mol. The first kappa shape index (κ1) is 15.8. The third kappa shape index (κ3) is 4.73. The van der Waals surface area contributed by atoms with Crippen LogP contribution in [0.1, 0.15) is 44.6 Å². The van der Waals surface area contributed by atoms with Crippen molar-refractivity contribution >= 4 is 0 Å². The molecule has 1 aliphatic rings. The van der Waals surface area contributed by atoms with Crippen LogP contribution in [0.4, 0.5) is 0 Å². The minimum atomic E-state index is -0.405. The third-order valence-corrected chi connectivity index (χ3v) is 3.97. The lowest BCUT2D eigenvalue weighted by Crippen LogP contribution is -2.44. The molecule has 4 nitrogen and oxygen atoms in total. The van der Waals surface area contributed by atoms with Crippen LogP contribution >= 0.6 is 0 Å². The summed E-state index contributed by atoms with van der Waals surface area (Å²) in [6, 6.07) is 10.5. The SMILES string of the molecule is CCC(C#N)(CCCOc1cccc(CO)c1)NC1CC1. The van der Waals surface area contributed by atoms with E-state index in [-0.39, 0.29) is 6.61 Å². The van der Waals surface area contributed by atoms with Crippen molar-refractivity contribution < 1.29 is 9.84 Å². The van der Waals surface area contributed by atoms with Crippen LogP contribution in [0, 0.1) is 11.3 Å². The van der Waals surface area contributed by atoms with Crippen molar-refractivity contribution in [3.8, 4) is 11.8 Å². The zero-order valence-corrected chi connectivity index (χ0v) is 12.6. The van der Waals surface area contributed by atoms with Gasteiger partial charge < -0.3 is 9.84 Å². The van der Waals surface area contributed by atoms with E-state index in [0.717, 1.165) is 30.6 Å². The lowest BCUT2D eigenvalue weighted by molar-refractivity contribution is 0.269. The van der Waals surface area contributed by atoms with E-state index in [4.69, 9.17) is 9.84 Å². The van der Waals surface area contributed by atoms with Gasteiger partial charge in [0, 0.05) is 6.04 Å². The molecule has 21 heavy (non-hydrogen) atoms. The molecule has 0 saturated heterocycles. The van der Waals surface area contributed by atoms with Crippen LogP contribution in [0.15, 0.2) is 24.3 Å². The predicted molar refractivity (Wildman–Crippen MR) is 81.9 cm³/mol. The number of aliphatic hydroxyl groups excluding tert-OH is 1. The first-order valence-electron chi connectivity index (χ1n) is 7.73. The summed E-state index contributed by atoms with van der Waals surface area (Å²) in [6.07, 6.45) is 4.84. The molecule has 1 unspecified atom stereocenters. The number of benzene rings is 1. The number of ether oxygens (including phenoxy) is 1. The van der Waals surface area contributed by atoms with Crippen molar-refractivity contribution in [3.63, 3.8) is 0 Å². The van der Waals surface area contributed by atoms with Gasteiger partial charge in [-0.2, -0.15) is 5.26 Å². The molecule has 2 rings (SSSR count). The molecule has 0 amide bonds. The summed E-state index contributed by atoms with van der Waals surface area (Å²) in [6.45, 7) is 2.67. The van der Waals surface area contributed by atoms with Gasteiger partial charge in [0.1, 0.15) is 11.3 Å². The number of rotatable bonds is 9. The summed E-state index contributed by atoms with van der Waals surface area (Å²) < 4.78 is 5.71. The summed E-state index contributed by atoms with van der Waals surface area (Å²) in [5.41, 5.74) is 0.445. The predicted octanol–water partition coefficient (Wildman–Crippen LogP) is 2.76. The monoisotopic (exact) mass is 288 g/mol. The van der Waals surface area contributed by atoms with Crippen LogP contribution in [0.25, 0.3) is 0 Å². The fraction of sp³-hybridized carbons (Fsp3) is 0.588. The maximum Gasteiger partial charge on any atom is 0.119 e. The summed E-state index contributed by atoms with van der Waals surface area (Å²) in [5, 5.41) is 22.0. The van der Waals surface area contributed by atoms with E-state index in [9.17, 15) is 5.26 Å². The molecule has 1 atom stereocenters. The Morgan fingerprint density at radius 1 is 1.48 bits per heavy atom. The third-order valence-electron chi connectivity index (χ3n) is 3.97. The molecule has 1 aliphatic carbocycles. The van der Waals surface area contributed by atoms with Gasteiger partial charge in [0.15, 0.2) is 0 Å². The zero-order valence-electron chi connectivity index (χ0n) is 12.6. The van der Waals surface area contributed by atoms with E-state index in [0.29, 0.717) is 12.6 Å². The fourth-order valence-corrected chi connectivity index (χ4v) is 2.43. The Hall–Kier alpha value is -1.57. The number of hydrogen-bond acceptors (Lipinski definition) is 4. The van der Waals surface area contributed by atoms with Crippen molar-refractivity contribution in [2.75, 3.05) is 6.61 Å². The highest BCUT2D eigenvalue weighted by Crippen LogP contribution is 2.26. The molecule has 4 heteroatoms. The second-order valence-electron chi connectivity index (χ2n) is 5.72. The minimum Gasteiger partial charge on any atom is -0.494 e. The summed E-state index contributed by atoms with van der Waals surface area (Å²) in [7, 11) is 0. The van der Waals surface area contributed by atoms with Gasteiger partial charge in [0.25, 0.3) is 0 Å². The quantitative estimate of drug-likeness (QED) is 0.686. The van der Waals surface area contributed by atoms with E-state index < -0.39 is 5.54 Å². The largest absolute Gasteiger partial charge is 0.494 e. The normalized spacial score (nSPS) is 17.0. The molecule has 1 fully saturated rings. The van der Waals surface area contributed by atoms with Gasteiger partial charge in [0.05, 0.1) is 19.3 Å². The lowest BCUT2D eigenvalue weighted by Gasteiger charge is -2.26. The molecule has 0 radical (unpaired) electrons. The van der Waals surface area contributed by atoms with E-state index >= 15 is 0 Å². The first-order chi connectivity index (χ1) is 10.2. The zero-order chi connectivity index (χ0) is 15.1. The van der Waals surface area contributed by atoms with Crippen molar-refractivity contribution in [2.45, 2.75) is 57.2 Å². The van der Waals surface area contributed by atoms with Crippen LogP contribution in [-0.2, 0) is 6.61 Å². The van der Waals surface area contributed by atoms with Gasteiger partial charge in [-0.15, -0.1) is 0 Å². The minimum absolute atomic E-state index is 0.0237. The second kappa shape index (κ2) is 7.44. The van der Waals surface area contributed by atoms with Crippen molar-refractivity contribution in [3.05, 3.63) is 29.8 Å². The fourth-order valence-electron chi connectivity index (χ4n) is 2.43. The second-order valence-corrected chi connectivity index (χ2v) is 5.72. The number of nitriles is 1. The van der Waals surface area contributed by atoms with Gasteiger partial charge in [-0.25, -0.2) is 0 Å². The lowest BCUT2D eigenvalue weighted by atomic mass is 9.92.